The van der Waals surface area contributed by atoms with Crippen LogP contribution in [0.15, 0.2) is 0 Å². The topological polar surface area (TPSA) is 18.5 Å². The van der Waals surface area contributed by atoms with E-state index >= 15 is 0 Å². The minimum Gasteiger partial charge on any atom is -0.373 e. The third-order valence-corrected chi connectivity index (χ3v) is 2.29. The molecule has 0 aliphatic carbocycles. The van der Waals surface area contributed by atoms with E-state index in [0.717, 1.165) is 19.4 Å². The van der Waals surface area contributed by atoms with Crippen molar-refractivity contribution in [3.8, 4) is 0 Å². The van der Waals surface area contributed by atoms with Crippen molar-refractivity contribution in [1.82, 2.24) is 0 Å². The van der Waals surface area contributed by atoms with Crippen molar-refractivity contribution in [2.75, 3.05) is 6.61 Å². The highest BCUT2D eigenvalue weighted by Crippen LogP contribution is 2.18. The van der Waals surface area contributed by atoms with Crippen LogP contribution in [0.3, 0.4) is 0 Å². The van der Waals surface area contributed by atoms with Crippen molar-refractivity contribution >= 4 is 0 Å². The van der Waals surface area contributed by atoms with Gasteiger partial charge in [0.15, 0.2) is 0 Å². The molecule has 2 nitrogen and oxygen atoms in total. The van der Waals surface area contributed by atoms with Crippen LogP contribution in [0.2, 0.25) is 0 Å². The maximum atomic E-state index is 5.77. The maximum Gasteiger partial charge on any atom is 0.0836 e. The summed E-state index contributed by atoms with van der Waals surface area (Å²) in [5, 5.41) is 0. The van der Waals surface area contributed by atoms with Gasteiger partial charge in [-0.25, -0.2) is 0 Å². The molecule has 1 aliphatic heterocycles. The average Bonchev–Trinajstić information content (AvgIpc) is 2.05. The highest BCUT2D eigenvalue weighted by Gasteiger charge is 2.26. The molecule has 0 saturated carbocycles. The van der Waals surface area contributed by atoms with Crippen LogP contribution in [0, 0.1) is 0 Å². The Balaban J connectivity index is 2.37. The third kappa shape index (κ3) is 2.17. The molecule has 11 heavy (non-hydrogen) atoms. The maximum absolute atomic E-state index is 5.77. The Kier molecular flexibility index (Phi) is 3.34. The summed E-state index contributed by atoms with van der Waals surface area (Å²) in [5.41, 5.74) is 0. The lowest BCUT2D eigenvalue weighted by Gasteiger charge is -2.34. The summed E-state index contributed by atoms with van der Waals surface area (Å²) in [5.74, 6) is 0. The van der Waals surface area contributed by atoms with Gasteiger partial charge in [-0.3, -0.25) is 0 Å². The van der Waals surface area contributed by atoms with Crippen LogP contribution in [0.25, 0.3) is 0 Å². The smallest absolute Gasteiger partial charge is 0.0836 e. The molecule has 0 aromatic rings. The second-order valence-corrected chi connectivity index (χ2v) is 3.15. The first-order valence-electron chi connectivity index (χ1n) is 4.55. The van der Waals surface area contributed by atoms with Crippen molar-refractivity contribution < 1.29 is 9.47 Å². The zero-order valence-corrected chi connectivity index (χ0v) is 7.67. The summed E-state index contributed by atoms with van der Waals surface area (Å²) >= 11 is 0. The lowest BCUT2D eigenvalue weighted by molar-refractivity contribution is -0.175. The van der Waals surface area contributed by atoms with E-state index in [2.05, 4.69) is 20.8 Å². The number of ether oxygens (including phenoxy) is 2. The van der Waals surface area contributed by atoms with Crippen molar-refractivity contribution in [3.05, 3.63) is 0 Å². The van der Waals surface area contributed by atoms with Gasteiger partial charge in [-0.1, -0.05) is 13.8 Å². The SMILES string of the molecule is CCC1COC(C)C(CC)O1. The Morgan fingerprint density at radius 1 is 1.27 bits per heavy atom. The lowest BCUT2D eigenvalue weighted by atomic mass is 10.1. The summed E-state index contributed by atoms with van der Waals surface area (Å²) in [6.07, 6.45) is 3.04. The predicted molar refractivity (Wildman–Crippen MR) is 44.7 cm³/mol. The number of hydrogen-bond donors (Lipinski definition) is 0. The number of rotatable bonds is 2. The Morgan fingerprint density at radius 3 is 2.55 bits per heavy atom. The first-order valence-corrected chi connectivity index (χ1v) is 4.55. The summed E-state index contributed by atoms with van der Waals surface area (Å²) < 4.78 is 11.3. The van der Waals surface area contributed by atoms with Gasteiger partial charge < -0.3 is 9.47 Å². The molecule has 0 aromatic heterocycles. The first-order chi connectivity index (χ1) is 5.27. The second-order valence-electron chi connectivity index (χ2n) is 3.15. The molecule has 2 heteroatoms. The highest BCUT2D eigenvalue weighted by atomic mass is 16.6. The van der Waals surface area contributed by atoms with Crippen LogP contribution >= 0.6 is 0 Å². The Labute approximate surface area is 68.9 Å². The molecule has 0 N–H and O–H groups in total. The second kappa shape index (κ2) is 4.07. The summed E-state index contributed by atoms with van der Waals surface area (Å²) in [4.78, 5) is 0. The quantitative estimate of drug-likeness (QED) is 0.611. The van der Waals surface area contributed by atoms with Gasteiger partial charge in [-0.15, -0.1) is 0 Å². The summed E-state index contributed by atoms with van der Waals surface area (Å²) in [6, 6.07) is 0. The van der Waals surface area contributed by atoms with Crippen molar-refractivity contribution in [2.24, 2.45) is 0 Å². The standard InChI is InChI=1S/C9H18O2/c1-4-8-6-10-7(3)9(5-2)11-8/h7-9H,4-6H2,1-3H3. The van der Waals surface area contributed by atoms with E-state index in [4.69, 9.17) is 9.47 Å². The van der Waals surface area contributed by atoms with Crippen molar-refractivity contribution in [3.63, 3.8) is 0 Å². The average molecular weight is 158 g/mol. The lowest BCUT2D eigenvalue weighted by Crippen LogP contribution is -2.41. The molecular weight excluding hydrogens is 140 g/mol. The molecule has 1 fully saturated rings. The molecule has 1 aliphatic rings. The Hall–Kier alpha value is -0.0800. The first kappa shape index (κ1) is 9.01. The minimum absolute atomic E-state index is 0.280. The van der Waals surface area contributed by atoms with Gasteiger partial charge in [0.2, 0.25) is 0 Å². The van der Waals surface area contributed by atoms with E-state index in [1.807, 2.05) is 0 Å². The summed E-state index contributed by atoms with van der Waals surface area (Å²) in [6.45, 7) is 7.13. The van der Waals surface area contributed by atoms with Gasteiger partial charge in [0, 0.05) is 0 Å². The zero-order valence-electron chi connectivity index (χ0n) is 7.67. The van der Waals surface area contributed by atoms with Gasteiger partial charge in [0.25, 0.3) is 0 Å². The fraction of sp³-hybridized carbons (Fsp3) is 1.00. The molecule has 1 heterocycles. The third-order valence-electron chi connectivity index (χ3n) is 2.29. The van der Waals surface area contributed by atoms with Crippen molar-refractivity contribution in [2.45, 2.75) is 51.9 Å². The normalized spacial score (nSPS) is 39.0. The molecule has 66 valence electrons. The van der Waals surface area contributed by atoms with E-state index < -0.39 is 0 Å². The Morgan fingerprint density at radius 2 is 2.00 bits per heavy atom. The van der Waals surface area contributed by atoms with Crippen LogP contribution < -0.4 is 0 Å². The van der Waals surface area contributed by atoms with Crippen LogP contribution in [0.1, 0.15) is 33.6 Å². The molecule has 0 radical (unpaired) electrons. The molecule has 0 aromatic carbocycles. The molecule has 0 amide bonds. The molecular formula is C9H18O2. The van der Waals surface area contributed by atoms with E-state index in [1.165, 1.54) is 0 Å². The van der Waals surface area contributed by atoms with E-state index in [1.54, 1.807) is 0 Å². The number of hydrogen-bond acceptors (Lipinski definition) is 2. The monoisotopic (exact) mass is 158 g/mol. The molecule has 1 saturated heterocycles. The summed E-state index contributed by atoms with van der Waals surface area (Å²) in [7, 11) is 0. The van der Waals surface area contributed by atoms with Crippen molar-refractivity contribution in [1.29, 1.82) is 0 Å². The van der Waals surface area contributed by atoms with Crippen LogP contribution in [-0.4, -0.2) is 24.9 Å². The van der Waals surface area contributed by atoms with Gasteiger partial charge in [0.1, 0.15) is 0 Å². The van der Waals surface area contributed by atoms with Gasteiger partial charge in [-0.2, -0.15) is 0 Å². The fourth-order valence-corrected chi connectivity index (χ4v) is 1.41. The fourth-order valence-electron chi connectivity index (χ4n) is 1.41. The van der Waals surface area contributed by atoms with Crippen LogP contribution in [0.4, 0.5) is 0 Å². The van der Waals surface area contributed by atoms with E-state index in [-0.39, 0.29) is 6.10 Å². The minimum atomic E-state index is 0.280. The molecule has 0 spiro atoms. The van der Waals surface area contributed by atoms with Crippen LogP contribution in [-0.2, 0) is 9.47 Å². The van der Waals surface area contributed by atoms with Gasteiger partial charge in [0.05, 0.1) is 24.9 Å². The van der Waals surface area contributed by atoms with Gasteiger partial charge >= 0.3 is 0 Å². The van der Waals surface area contributed by atoms with E-state index in [0.29, 0.717) is 12.2 Å². The molecule has 3 atom stereocenters. The Bertz CT molecular complexity index is 114. The highest BCUT2D eigenvalue weighted by molar-refractivity contribution is 4.72. The van der Waals surface area contributed by atoms with Crippen LogP contribution in [0.5, 0.6) is 0 Å². The van der Waals surface area contributed by atoms with Gasteiger partial charge in [-0.05, 0) is 19.8 Å². The predicted octanol–water partition coefficient (Wildman–Crippen LogP) is 1.98. The zero-order chi connectivity index (χ0) is 8.27. The van der Waals surface area contributed by atoms with E-state index in [9.17, 15) is 0 Å². The molecule has 1 rings (SSSR count). The molecule has 0 bridgehead atoms. The molecule has 3 unspecified atom stereocenters. The largest absolute Gasteiger partial charge is 0.373 e.